The molecule has 5 rings (SSSR count). The summed E-state index contributed by atoms with van der Waals surface area (Å²) in [5.41, 5.74) is 6.05. The maximum Gasteiger partial charge on any atom is 0.261 e. The van der Waals surface area contributed by atoms with Crippen LogP contribution in [0.1, 0.15) is 5.56 Å². The molecule has 9 heteroatoms. The van der Waals surface area contributed by atoms with Gasteiger partial charge in [0.1, 0.15) is 5.82 Å². The number of sulfonamides is 1. The zero-order valence-corrected chi connectivity index (χ0v) is 21.0. The monoisotopic (exact) mass is 498 g/mol. The van der Waals surface area contributed by atoms with Crippen LogP contribution in [0.3, 0.4) is 0 Å². The molecule has 0 amide bonds. The molecule has 2 aromatic heterocycles. The molecule has 2 N–H and O–H groups in total. The average Bonchev–Trinajstić information content (AvgIpc) is 3.29. The topological polar surface area (TPSA) is 91.6 Å². The van der Waals surface area contributed by atoms with Crippen LogP contribution in [0, 0.1) is 6.92 Å². The van der Waals surface area contributed by atoms with E-state index < -0.39 is 10.0 Å². The van der Waals surface area contributed by atoms with Gasteiger partial charge in [-0.25, -0.2) is 17.9 Å². The van der Waals surface area contributed by atoms with Gasteiger partial charge < -0.3 is 10.2 Å². The molecular formula is C27H26N6O2S. The minimum absolute atomic E-state index is 0.223. The lowest BCUT2D eigenvalue weighted by Crippen LogP contribution is -2.12. The second-order valence-corrected chi connectivity index (χ2v) is 10.4. The summed E-state index contributed by atoms with van der Waals surface area (Å²) >= 11 is 0. The average molecular weight is 499 g/mol. The Hall–Kier alpha value is -4.37. The fourth-order valence-corrected chi connectivity index (χ4v) is 4.85. The predicted molar refractivity (Wildman–Crippen MR) is 144 cm³/mol. The van der Waals surface area contributed by atoms with Crippen LogP contribution in [0.25, 0.3) is 16.8 Å². The van der Waals surface area contributed by atoms with Gasteiger partial charge in [-0.1, -0.05) is 29.8 Å². The second kappa shape index (κ2) is 9.35. The molecule has 0 spiro atoms. The lowest BCUT2D eigenvalue weighted by Gasteiger charge is -2.13. The highest BCUT2D eigenvalue weighted by atomic mass is 32.2. The molecule has 0 saturated carbocycles. The minimum atomic E-state index is -3.65. The van der Waals surface area contributed by atoms with Gasteiger partial charge in [0.15, 0.2) is 5.65 Å². The maximum absolute atomic E-state index is 12.6. The number of aryl methyl sites for hydroxylation is 1. The van der Waals surface area contributed by atoms with Crippen molar-refractivity contribution in [2.45, 2.75) is 11.8 Å². The maximum atomic E-state index is 12.6. The van der Waals surface area contributed by atoms with E-state index in [0.29, 0.717) is 11.5 Å². The summed E-state index contributed by atoms with van der Waals surface area (Å²) in [7, 11) is 0.361. The van der Waals surface area contributed by atoms with Crippen molar-refractivity contribution < 1.29 is 8.42 Å². The van der Waals surface area contributed by atoms with E-state index in [0.717, 1.165) is 33.7 Å². The molecule has 182 valence electrons. The van der Waals surface area contributed by atoms with Crippen molar-refractivity contribution >= 4 is 38.6 Å². The van der Waals surface area contributed by atoms with Gasteiger partial charge in [0.25, 0.3) is 10.0 Å². The first-order valence-corrected chi connectivity index (χ1v) is 12.9. The van der Waals surface area contributed by atoms with Crippen LogP contribution in [-0.2, 0) is 10.0 Å². The third kappa shape index (κ3) is 4.87. The molecule has 0 aliphatic heterocycles. The van der Waals surface area contributed by atoms with Crippen LogP contribution in [0.4, 0.5) is 22.9 Å². The van der Waals surface area contributed by atoms with Gasteiger partial charge in [0, 0.05) is 42.9 Å². The third-order valence-electron chi connectivity index (χ3n) is 5.78. The van der Waals surface area contributed by atoms with Gasteiger partial charge in [0.2, 0.25) is 0 Å². The van der Waals surface area contributed by atoms with Crippen molar-refractivity contribution in [3.05, 3.63) is 96.8 Å². The number of nitrogens with zero attached hydrogens (tertiary/aromatic N) is 4. The van der Waals surface area contributed by atoms with Crippen molar-refractivity contribution in [1.82, 2.24) is 14.6 Å². The van der Waals surface area contributed by atoms with Gasteiger partial charge in [-0.3, -0.25) is 4.72 Å². The Labute approximate surface area is 210 Å². The number of hydrogen-bond acceptors (Lipinski definition) is 6. The zero-order valence-electron chi connectivity index (χ0n) is 20.2. The molecule has 0 aliphatic rings. The molecule has 2 heterocycles. The predicted octanol–water partition coefficient (Wildman–Crippen LogP) is 5.32. The van der Waals surface area contributed by atoms with E-state index in [1.54, 1.807) is 53.0 Å². The van der Waals surface area contributed by atoms with Crippen LogP contribution < -0.4 is 14.9 Å². The molecule has 3 aromatic carbocycles. The number of hydrogen-bond donors (Lipinski definition) is 2. The van der Waals surface area contributed by atoms with Crippen molar-refractivity contribution in [2.24, 2.45) is 0 Å². The summed E-state index contributed by atoms with van der Waals surface area (Å²) in [5.74, 6) is 0.654. The SMILES string of the molecule is Cc1ccc(S(=O)(=O)Nc2ccc(Nc3ccn4ncc(-c5cccc(N(C)C)c5)c4n3)cc2)cc1. The van der Waals surface area contributed by atoms with E-state index in [-0.39, 0.29) is 4.90 Å². The molecule has 0 fully saturated rings. The zero-order chi connectivity index (χ0) is 25.3. The summed E-state index contributed by atoms with van der Waals surface area (Å²) in [6, 6.07) is 23.8. The van der Waals surface area contributed by atoms with E-state index in [9.17, 15) is 8.42 Å². The number of fused-ring (bicyclic) bond motifs is 1. The highest BCUT2D eigenvalue weighted by Crippen LogP contribution is 2.28. The lowest BCUT2D eigenvalue weighted by molar-refractivity contribution is 0.601. The summed E-state index contributed by atoms with van der Waals surface area (Å²) in [6.07, 6.45) is 3.67. The first-order valence-electron chi connectivity index (χ1n) is 11.4. The van der Waals surface area contributed by atoms with E-state index in [1.165, 1.54) is 0 Å². The Morgan fingerprint density at radius 1 is 0.889 bits per heavy atom. The summed E-state index contributed by atoms with van der Waals surface area (Å²) < 4.78 is 29.7. The summed E-state index contributed by atoms with van der Waals surface area (Å²) in [6.45, 7) is 1.92. The third-order valence-corrected chi connectivity index (χ3v) is 7.18. The lowest BCUT2D eigenvalue weighted by atomic mass is 10.1. The molecule has 0 bridgehead atoms. The molecular weight excluding hydrogens is 472 g/mol. The molecule has 36 heavy (non-hydrogen) atoms. The van der Waals surface area contributed by atoms with E-state index in [4.69, 9.17) is 4.98 Å². The molecule has 0 aliphatic carbocycles. The van der Waals surface area contributed by atoms with Gasteiger partial charge in [-0.2, -0.15) is 5.10 Å². The number of aromatic nitrogens is 3. The summed E-state index contributed by atoms with van der Waals surface area (Å²) in [4.78, 5) is 7.05. The van der Waals surface area contributed by atoms with Crippen LogP contribution in [0.2, 0.25) is 0 Å². The van der Waals surface area contributed by atoms with E-state index in [1.807, 2.05) is 51.6 Å². The van der Waals surface area contributed by atoms with Crippen molar-refractivity contribution in [3.63, 3.8) is 0 Å². The second-order valence-electron chi connectivity index (χ2n) is 8.70. The van der Waals surface area contributed by atoms with Gasteiger partial charge in [-0.15, -0.1) is 0 Å². The first kappa shape index (κ1) is 23.4. The number of anilines is 4. The Morgan fingerprint density at radius 2 is 1.61 bits per heavy atom. The standard InChI is InChI=1S/C27H26N6O2S/c1-19-7-13-24(14-8-19)36(34,35)31-22-11-9-21(10-12-22)29-26-15-16-33-27(30-26)25(18-28-33)20-5-4-6-23(17-20)32(2)3/h4-18,31H,1-3H3,(H,29,30). The number of benzene rings is 3. The largest absolute Gasteiger partial charge is 0.378 e. The van der Waals surface area contributed by atoms with Crippen LogP contribution in [0.5, 0.6) is 0 Å². The molecule has 0 saturated heterocycles. The van der Waals surface area contributed by atoms with Crippen LogP contribution >= 0.6 is 0 Å². The van der Waals surface area contributed by atoms with Crippen molar-refractivity contribution in [3.8, 4) is 11.1 Å². The smallest absolute Gasteiger partial charge is 0.261 e. The number of nitrogens with one attached hydrogen (secondary N) is 2. The Bertz CT molecular complexity index is 1630. The molecule has 8 nitrogen and oxygen atoms in total. The summed E-state index contributed by atoms with van der Waals surface area (Å²) in [5, 5.41) is 7.73. The molecule has 0 unspecified atom stereocenters. The van der Waals surface area contributed by atoms with Crippen LogP contribution in [0.15, 0.2) is 96.2 Å². The molecule has 5 aromatic rings. The van der Waals surface area contributed by atoms with Gasteiger partial charge in [0.05, 0.1) is 11.1 Å². The normalized spacial score (nSPS) is 11.4. The van der Waals surface area contributed by atoms with E-state index >= 15 is 0 Å². The van der Waals surface area contributed by atoms with Gasteiger partial charge in [-0.05, 0) is 67.1 Å². The molecule has 0 radical (unpaired) electrons. The Morgan fingerprint density at radius 3 is 2.33 bits per heavy atom. The Kier molecular flexibility index (Phi) is 6.07. The van der Waals surface area contributed by atoms with Crippen LogP contribution in [-0.4, -0.2) is 37.1 Å². The van der Waals surface area contributed by atoms with Crippen molar-refractivity contribution in [2.75, 3.05) is 29.0 Å². The number of rotatable bonds is 7. The van der Waals surface area contributed by atoms with Crippen molar-refractivity contribution in [1.29, 1.82) is 0 Å². The fraction of sp³-hybridized carbons (Fsp3) is 0.111. The first-order chi connectivity index (χ1) is 17.3. The Balaban J connectivity index is 1.35. The molecule has 0 atom stereocenters. The van der Waals surface area contributed by atoms with Gasteiger partial charge >= 0.3 is 0 Å². The fourth-order valence-electron chi connectivity index (χ4n) is 3.79. The minimum Gasteiger partial charge on any atom is -0.378 e. The van der Waals surface area contributed by atoms with E-state index in [2.05, 4.69) is 32.2 Å². The highest BCUT2D eigenvalue weighted by Gasteiger charge is 2.14. The highest BCUT2D eigenvalue weighted by molar-refractivity contribution is 7.92. The quantitative estimate of drug-likeness (QED) is 0.316.